The standard InChI is InChI=1S/C24H26F2N6O3/c1-33-16-6-5-14(18(11-16)34-2)12-28-23-29-20-17(9-15(25)10-19(20)35-3)21-30-22(31-32(21)23)24(26)7-4-8-27-13-24/h5-6,9-11,27H,4,7-8,12-13H2,1-3H3,(H,28,29)/t24-/m0/s1. The minimum absolute atomic E-state index is 0.0345. The van der Waals surface area contributed by atoms with Gasteiger partial charge in [-0.2, -0.15) is 4.52 Å². The molecule has 1 saturated heterocycles. The molecule has 2 aromatic carbocycles. The van der Waals surface area contributed by atoms with Crippen molar-refractivity contribution in [3.05, 3.63) is 47.5 Å². The smallest absolute Gasteiger partial charge is 0.226 e. The molecule has 1 aliphatic rings. The maximum Gasteiger partial charge on any atom is 0.226 e. The maximum atomic E-state index is 15.8. The Balaban J connectivity index is 1.63. The number of rotatable bonds is 7. The molecule has 1 aliphatic heterocycles. The van der Waals surface area contributed by atoms with Crippen molar-refractivity contribution in [1.29, 1.82) is 0 Å². The fourth-order valence-electron chi connectivity index (χ4n) is 4.34. The first-order valence-electron chi connectivity index (χ1n) is 11.2. The Bertz CT molecular complexity index is 1390. The van der Waals surface area contributed by atoms with Crippen LogP contribution in [0.15, 0.2) is 30.3 Å². The highest BCUT2D eigenvalue weighted by Crippen LogP contribution is 2.35. The number of halogens is 2. The number of fused-ring (bicyclic) bond motifs is 3. The van der Waals surface area contributed by atoms with Gasteiger partial charge >= 0.3 is 0 Å². The van der Waals surface area contributed by atoms with E-state index in [1.54, 1.807) is 20.3 Å². The zero-order valence-electron chi connectivity index (χ0n) is 19.7. The minimum atomic E-state index is -1.73. The number of piperidine rings is 1. The van der Waals surface area contributed by atoms with Gasteiger partial charge in [-0.1, -0.05) is 0 Å². The number of hydrogen-bond acceptors (Lipinski definition) is 8. The number of hydrogen-bond donors (Lipinski definition) is 2. The van der Waals surface area contributed by atoms with Crippen LogP contribution in [0.2, 0.25) is 0 Å². The highest BCUT2D eigenvalue weighted by molar-refractivity contribution is 5.96. The summed E-state index contributed by atoms with van der Waals surface area (Å²) in [5.74, 6) is 1.36. The lowest BCUT2D eigenvalue weighted by atomic mass is 9.95. The van der Waals surface area contributed by atoms with Crippen molar-refractivity contribution in [2.45, 2.75) is 25.1 Å². The highest BCUT2D eigenvalue weighted by Gasteiger charge is 2.38. The lowest BCUT2D eigenvalue weighted by Crippen LogP contribution is -2.40. The van der Waals surface area contributed by atoms with Gasteiger partial charge in [0.2, 0.25) is 5.95 Å². The van der Waals surface area contributed by atoms with Crippen molar-refractivity contribution < 1.29 is 23.0 Å². The van der Waals surface area contributed by atoms with Crippen LogP contribution < -0.4 is 24.8 Å². The van der Waals surface area contributed by atoms with Gasteiger partial charge < -0.3 is 24.8 Å². The Kier molecular flexibility index (Phi) is 6.01. The maximum absolute atomic E-state index is 15.8. The number of ether oxygens (including phenoxy) is 3. The molecule has 2 N–H and O–H groups in total. The van der Waals surface area contributed by atoms with Crippen LogP contribution >= 0.6 is 0 Å². The third-order valence-electron chi connectivity index (χ3n) is 6.19. The van der Waals surface area contributed by atoms with Crippen LogP contribution in [0.1, 0.15) is 24.2 Å². The van der Waals surface area contributed by atoms with Gasteiger partial charge in [-0.25, -0.2) is 18.7 Å². The number of nitrogens with one attached hydrogen (secondary N) is 2. The molecule has 5 rings (SSSR count). The van der Waals surface area contributed by atoms with Crippen molar-refractivity contribution in [3.63, 3.8) is 0 Å². The van der Waals surface area contributed by atoms with E-state index in [-0.39, 0.29) is 23.8 Å². The molecule has 11 heteroatoms. The lowest BCUT2D eigenvalue weighted by Gasteiger charge is -2.27. The zero-order chi connectivity index (χ0) is 24.6. The molecule has 9 nitrogen and oxygen atoms in total. The van der Waals surface area contributed by atoms with E-state index in [0.29, 0.717) is 47.7 Å². The van der Waals surface area contributed by atoms with Crippen LogP contribution in [0.4, 0.5) is 14.7 Å². The summed E-state index contributed by atoms with van der Waals surface area (Å²) in [6.45, 7) is 1.17. The third kappa shape index (κ3) is 4.16. The first-order valence-corrected chi connectivity index (χ1v) is 11.2. The van der Waals surface area contributed by atoms with Gasteiger partial charge in [0.1, 0.15) is 28.6 Å². The second-order valence-corrected chi connectivity index (χ2v) is 8.39. The Morgan fingerprint density at radius 3 is 2.63 bits per heavy atom. The van der Waals surface area contributed by atoms with Gasteiger partial charge in [-0.3, -0.25) is 0 Å². The molecule has 0 saturated carbocycles. The van der Waals surface area contributed by atoms with E-state index >= 15 is 4.39 Å². The Hall–Kier alpha value is -3.73. The molecule has 0 amide bonds. The summed E-state index contributed by atoms with van der Waals surface area (Å²) in [5.41, 5.74) is -0.216. The SMILES string of the molecule is COc1ccc(CNc2nc3c(OC)cc(F)cc3c3nc([C@]4(F)CCCNC4)nn23)c(OC)c1. The van der Waals surface area contributed by atoms with Crippen LogP contribution in [0.5, 0.6) is 17.2 Å². The molecule has 184 valence electrons. The van der Waals surface area contributed by atoms with Crippen LogP contribution in [0.3, 0.4) is 0 Å². The first-order chi connectivity index (χ1) is 17.0. The van der Waals surface area contributed by atoms with E-state index in [1.807, 2.05) is 12.1 Å². The van der Waals surface area contributed by atoms with Gasteiger partial charge in [0.05, 0.1) is 26.7 Å². The van der Waals surface area contributed by atoms with Gasteiger partial charge in [0.25, 0.3) is 0 Å². The topological polar surface area (TPSA) is 94.8 Å². The van der Waals surface area contributed by atoms with Gasteiger partial charge in [0.15, 0.2) is 17.1 Å². The molecule has 0 unspecified atom stereocenters. The van der Waals surface area contributed by atoms with Crippen LogP contribution in [-0.2, 0) is 12.2 Å². The fraction of sp³-hybridized carbons (Fsp3) is 0.375. The second-order valence-electron chi connectivity index (χ2n) is 8.39. The summed E-state index contributed by atoms with van der Waals surface area (Å²) in [6.07, 6.45) is 0.960. The molecule has 4 aromatic rings. The number of aromatic nitrogens is 4. The van der Waals surface area contributed by atoms with Crippen molar-refractivity contribution in [2.24, 2.45) is 0 Å². The average Bonchev–Trinajstić information content (AvgIpc) is 3.34. The van der Waals surface area contributed by atoms with E-state index in [4.69, 9.17) is 14.2 Å². The van der Waals surface area contributed by atoms with Crippen molar-refractivity contribution in [2.75, 3.05) is 39.7 Å². The Labute approximate surface area is 200 Å². The second kappa shape index (κ2) is 9.14. The van der Waals surface area contributed by atoms with E-state index in [0.717, 1.165) is 12.1 Å². The van der Waals surface area contributed by atoms with Crippen LogP contribution in [0.25, 0.3) is 16.6 Å². The van der Waals surface area contributed by atoms with E-state index < -0.39 is 11.5 Å². The van der Waals surface area contributed by atoms with Crippen molar-refractivity contribution in [1.82, 2.24) is 24.9 Å². The largest absolute Gasteiger partial charge is 0.497 e. The van der Waals surface area contributed by atoms with Crippen molar-refractivity contribution >= 4 is 22.5 Å². The normalized spacial score (nSPS) is 18.1. The van der Waals surface area contributed by atoms with E-state index in [1.165, 1.54) is 23.8 Å². The molecule has 2 aromatic heterocycles. The van der Waals surface area contributed by atoms with E-state index in [2.05, 4.69) is 25.7 Å². The molecule has 0 radical (unpaired) electrons. The molecule has 0 bridgehead atoms. The summed E-state index contributed by atoms with van der Waals surface area (Å²) in [4.78, 5) is 9.17. The number of nitrogens with zero attached hydrogens (tertiary/aromatic N) is 4. The summed E-state index contributed by atoms with van der Waals surface area (Å²) >= 11 is 0. The Morgan fingerprint density at radius 1 is 1.09 bits per heavy atom. The fourth-order valence-corrected chi connectivity index (χ4v) is 4.34. The lowest BCUT2D eigenvalue weighted by molar-refractivity contribution is 0.111. The summed E-state index contributed by atoms with van der Waals surface area (Å²) in [6, 6.07) is 8.03. The highest BCUT2D eigenvalue weighted by atomic mass is 19.1. The van der Waals surface area contributed by atoms with E-state index in [9.17, 15) is 4.39 Å². The summed E-state index contributed by atoms with van der Waals surface area (Å²) in [5, 5.41) is 11.2. The number of alkyl halides is 1. The first kappa shape index (κ1) is 23.0. The number of benzene rings is 2. The summed E-state index contributed by atoms with van der Waals surface area (Å²) < 4.78 is 47.7. The predicted octanol–water partition coefficient (Wildman–Crippen LogP) is 3.60. The van der Waals surface area contributed by atoms with Crippen LogP contribution in [0, 0.1) is 5.82 Å². The number of anilines is 1. The molecule has 35 heavy (non-hydrogen) atoms. The van der Waals surface area contributed by atoms with Crippen LogP contribution in [-0.4, -0.2) is 54.0 Å². The molecule has 3 heterocycles. The molecular weight excluding hydrogens is 458 g/mol. The van der Waals surface area contributed by atoms with Crippen molar-refractivity contribution in [3.8, 4) is 17.2 Å². The Morgan fingerprint density at radius 2 is 1.91 bits per heavy atom. The summed E-state index contributed by atoms with van der Waals surface area (Å²) in [7, 11) is 4.60. The molecule has 1 fully saturated rings. The zero-order valence-corrected chi connectivity index (χ0v) is 19.7. The monoisotopic (exact) mass is 484 g/mol. The number of methoxy groups -OCH3 is 3. The minimum Gasteiger partial charge on any atom is -0.497 e. The van der Waals surface area contributed by atoms with Gasteiger partial charge in [0, 0.05) is 30.8 Å². The molecular formula is C24H26F2N6O3. The van der Waals surface area contributed by atoms with Gasteiger partial charge in [-0.15, -0.1) is 5.10 Å². The predicted molar refractivity (Wildman–Crippen MR) is 127 cm³/mol. The molecule has 0 spiro atoms. The average molecular weight is 485 g/mol. The van der Waals surface area contributed by atoms with Gasteiger partial charge in [-0.05, 0) is 37.6 Å². The molecule has 0 aliphatic carbocycles. The molecule has 1 atom stereocenters. The third-order valence-corrected chi connectivity index (χ3v) is 6.19. The quantitative estimate of drug-likeness (QED) is 0.411.